The Labute approximate surface area is 189 Å². The molecule has 7 nitrogen and oxygen atoms in total. The van der Waals surface area contributed by atoms with Crippen molar-refractivity contribution >= 4 is 29.2 Å². The van der Waals surface area contributed by atoms with Gasteiger partial charge in [-0.05, 0) is 47.5 Å². The number of hydrogen-bond acceptors (Lipinski definition) is 8. The van der Waals surface area contributed by atoms with E-state index in [0.29, 0.717) is 12.8 Å². The first-order valence-electron chi connectivity index (χ1n) is 9.77. The lowest BCUT2D eigenvalue weighted by Gasteiger charge is -2.10. The third kappa shape index (κ3) is 6.42. The average Bonchev–Trinajstić information content (AvgIpc) is 3.12. The molecule has 0 saturated carbocycles. The molecule has 166 valence electrons. The average molecular weight is 455 g/mol. The van der Waals surface area contributed by atoms with Crippen LogP contribution in [0.15, 0.2) is 48.5 Å². The summed E-state index contributed by atoms with van der Waals surface area (Å²) in [5, 5.41) is 10.0. The molecule has 2 aromatic carbocycles. The van der Waals surface area contributed by atoms with Crippen molar-refractivity contribution < 1.29 is 33.7 Å². The zero-order chi connectivity index (χ0) is 23.3. The number of carbonyl (C=O) groups is 3. The normalized spacial score (nSPS) is 10.5. The van der Waals surface area contributed by atoms with Crippen molar-refractivity contribution in [3.63, 3.8) is 0 Å². The summed E-state index contributed by atoms with van der Waals surface area (Å²) < 4.78 is 15.2. The Morgan fingerprint density at radius 1 is 0.688 bits per heavy atom. The Hall–Kier alpha value is -3.65. The summed E-state index contributed by atoms with van der Waals surface area (Å²) in [7, 11) is 0. The minimum absolute atomic E-state index is 0.0830. The smallest absolute Gasteiger partial charge is 0.308 e. The van der Waals surface area contributed by atoms with Gasteiger partial charge >= 0.3 is 17.9 Å². The number of benzene rings is 2. The zero-order valence-corrected chi connectivity index (χ0v) is 18.7. The van der Waals surface area contributed by atoms with Crippen LogP contribution in [0.4, 0.5) is 0 Å². The van der Waals surface area contributed by atoms with Gasteiger partial charge < -0.3 is 19.3 Å². The van der Waals surface area contributed by atoms with Crippen molar-refractivity contribution in [2.75, 3.05) is 0 Å². The first-order chi connectivity index (χ1) is 15.2. The fourth-order valence-electron chi connectivity index (χ4n) is 3.06. The second kappa shape index (κ2) is 10.1. The maximum Gasteiger partial charge on any atom is 0.308 e. The number of phenols is 1. The van der Waals surface area contributed by atoms with Crippen LogP contribution >= 0.6 is 11.3 Å². The van der Waals surface area contributed by atoms with E-state index in [0.717, 1.165) is 20.9 Å². The Bertz CT molecular complexity index is 1160. The van der Waals surface area contributed by atoms with Gasteiger partial charge in [0.15, 0.2) is 23.0 Å². The van der Waals surface area contributed by atoms with E-state index in [2.05, 4.69) is 0 Å². The third-order valence-electron chi connectivity index (χ3n) is 4.27. The fraction of sp³-hybridized carbons (Fsp3) is 0.208. The second-order valence-electron chi connectivity index (χ2n) is 7.09. The molecule has 0 aliphatic heterocycles. The van der Waals surface area contributed by atoms with Gasteiger partial charge in [-0.15, -0.1) is 11.3 Å². The summed E-state index contributed by atoms with van der Waals surface area (Å²) >= 11 is 1.62. The minimum atomic E-state index is -0.503. The first-order valence-corrected chi connectivity index (χ1v) is 10.6. The quantitative estimate of drug-likeness (QED) is 0.417. The van der Waals surface area contributed by atoms with E-state index < -0.39 is 17.9 Å². The highest BCUT2D eigenvalue weighted by molar-refractivity contribution is 7.12. The van der Waals surface area contributed by atoms with Crippen LogP contribution in [0.3, 0.4) is 0 Å². The molecule has 8 heteroatoms. The molecule has 1 N–H and O–H groups in total. The number of rotatable bonds is 7. The van der Waals surface area contributed by atoms with Crippen LogP contribution < -0.4 is 14.2 Å². The Kier molecular flexibility index (Phi) is 7.27. The lowest BCUT2D eigenvalue weighted by atomic mass is 10.1. The van der Waals surface area contributed by atoms with Crippen LogP contribution in [0, 0.1) is 0 Å². The lowest BCUT2D eigenvalue weighted by Crippen LogP contribution is -2.07. The van der Waals surface area contributed by atoms with E-state index in [9.17, 15) is 19.5 Å². The predicted molar refractivity (Wildman–Crippen MR) is 118 cm³/mol. The van der Waals surface area contributed by atoms with Gasteiger partial charge in [0, 0.05) is 43.4 Å². The standard InChI is InChI=1S/C24H22O7S/c1-14(25)29-22-8-4-17(12-21(22)28)10-19-6-7-20(32-19)11-18-5-9-23(30-15(2)26)24(13-18)31-16(3)27/h4-9,12-13,28H,10-11H2,1-3H3. The molecule has 3 aromatic rings. The van der Waals surface area contributed by atoms with Crippen LogP contribution in [0.25, 0.3) is 0 Å². The lowest BCUT2D eigenvalue weighted by molar-refractivity contribution is -0.134. The highest BCUT2D eigenvalue weighted by Crippen LogP contribution is 2.32. The molecule has 0 unspecified atom stereocenters. The van der Waals surface area contributed by atoms with E-state index in [-0.39, 0.29) is 23.0 Å². The van der Waals surface area contributed by atoms with Crippen molar-refractivity contribution in [1.82, 2.24) is 0 Å². The highest BCUT2D eigenvalue weighted by atomic mass is 32.1. The Balaban J connectivity index is 1.72. The molecular weight excluding hydrogens is 432 g/mol. The third-order valence-corrected chi connectivity index (χ3v) is 5.35. The monoisotopic (exact) mass is 454 g/mol. The first kappa shape index (κ1) is 23.0. The molecular formula is C24H22O7S. The van der Waals surface area contributed by atoms with Gasteiger partial charge in [0.1, 0.15) is 0 Å². The van der Waals surface area contributed by atoms with Gasteiger partial charge in [0.2, 0.25) is 0 Å². The van der Waals surface area contributed by atoms with Crippen molar-refractivity contribution in [3.8, 4) is 23.0 Å². The highest BCUT2D eigenvalue weighted by Gasteiger charge is 2.13. The van der Waals surface area contributed by atoms with E-state index >= 15 is 0 Å². The van der Waals surface area contributed by atoms with E-state index in [1.807, 2.05) is 18.2 Å². The summed E-state index contributed by atoms with van der Waals surface area (Å²) in [6.45, 7) is 3.84. The summed E-state index contributed by atoms with van der Waals surface area (Å²) in [5.74, 6) is -1.05. The summed E-state index contributed by atoms with van der Waals surface area (Å²) in [4.78, 5) is 35.9. The van der Waals surface area contributed by atoms with Crippen LogP contribution in [0.2, 0.25) is 0 Å². The van der Waals surface area contributed by atoms with Crippen LogP contribution in [0.1, 0.15) is 41.7 Å². The molecule has 1 aromatic heterocycles. The number of carbonyl (C=O) groups excluding carboxylic acids is 3. The number of esters is 3. The van der Waals surface area contributed by atoms with Crippen molar-refractivity contribution in [2.24, 2.45) is 0 Å². The topological polar surface area (TPSA) is 99.1 Å². The number of ether oxygens (including phenoxy) is 3. The van der Waals surface area contributed by atoms with E-state index in [1.165, 1.54) is 20.8 Å². The molecule has 1 heterocycles. The molecule has 0 saturated heterocycles. The van der Waals surface area contributed by atoms with Crippen LogP contribution in [-0.4, -0.2) is 23.0 Å². The van der Waals surface area contributed by atoms with Gasteiger partial charge in [-0.2, -0.15) is 0 Å². The molecule has 0 bridgehead atoms. The number of hydrogen-bond donors (Lipinski definition) is 1. The van der Waals surface area contributed by atoms with Crippen molar-refractivity contribution in [3.05, 3.63) is 69.4 Å². The van der Waals surface area contributed by atoms with Gasteiger partial charge in [0.25, 0.3) is 0 Å². The molecule has 0 aliphatic carbocycles. The van der Waals surface area contributed by atoms with Gasteiger partial charge in [-0.1, -0.05) is 12.1 Å². The fourth-order valence-corrected chi connectivity index (χ4v) is 4.15. The maximum atomic E-state index is 11.4. The SMILES string of the molecule is CC(=O)Oc1ccc(Cc2ccc(Cc3ccc(OC(C)=O)c(OC(C)=O)c3)s2)cc1O. The largest absolute Gasteiger partial charge is 0.504 e. The van der Waals surface area contributed by atoms with Gasteiger partial charge in [-0.25, -0.2) is 0 Å². The summed E-state index contributed by atoms with van der Waals surface area (Å²) in [5.41, 5.74) is 1.78. The minimum Gasteiger partial charge on any atom is -0.504 e. The van der Waals surface area contributed by atoms with Crippen LogP contribution in [-0.2, 0) is 27.2 Å². The number of phenolic OH excluding ortho intramolecular Hbond substituents is 1. The molecule has 32 heavy (non-hydrogen) atoms. The number of aromatic hydroxyl groups is 1. The number of thiophene rings is 1. The Morgan fingerprint density at radius 2 is 1.16 bits per heavy atom. The van der Waals surface area contributed by atoms with E-state index in [4.69, 9.17) is 14.2 Å². The molecule has 0 aliphatic rings. The molecule has 3 rings (SSSR count). The second-order valence-corrected chi connectivity index (χ2v) is 8.34. The van der Waals surface area contributed by atoms with Crippen molar-refractivity contribution in [2.45, 2.75) is 33.6 Å². The van der Waals surface area contributed by atoms with Gasteiger partial charge in [0.05, 0.1) is 0 Å². The Morgan fingerprint density at radius 3 is 1.69 bits per heavy atom. The van der Waals surface area contributed by atoms with Crippen molar-refractivity contribution in [1.29, 1.82) is 0 Å². The molecule has 0 atom stereocenters. The summed E-state index contributed by atoms with van der Waals surface area (Å²) in [6.07, 6.45) is 1.22. The molecule has 0 radical (unpaired) electrons. The zero-order valence-electron chi connectivity index (χ0n) is 17.8. The molecule has 0 spiro atoms. The molecule has 0 amide bonds. The van der Waals surface area contributed by atoms with Gasteiger partial charge in [-0.3, -0.25) is 14.4 Å². The van der Waals surface area contributed by atoms with Crippen LogP contribution in [0.5, 0.6) is 23.0 Å². The van der Waals surface area contributed by atoms with E-state index in [1.54, 1.807) is 41.7 Å². The summed E-state index contributed by atoms with van der Waals surface area (Å²) in [6, 6.07) is 14.1. The molecule has 0 fully saturated rings. The predicted octanol–water partition coefficient (Wildman–Crippen LogP) is 4.41. The maximum absolute atomic E-state index is 11.4.